The van der Waals surface area contributed by atoms with Crippen molar-refractivity contribution in [1.82, 2.24) is 9.80 Å². The number of hydrogen-bond acceptors (Lipinski definition) is 6. The smallest absolute Gasteiger partial charge is 0.311 e. The molecule has 32 heavy (non-hydrogen) atoms. The second-order valence-corrected chi connectivity index (χ2v) is 11.3. The first-order valence-corrected chi connectivity index (χ1v) is 12.6. The lowest BCUT2D eigenvalue weighted by molar-refractivity contribution is -0.152. The lowest BCUT2D eigenvalue weighted by Crippen LogP contribution is -2.55. The fourth-order valence-corrected chi connectivity index (χ4v) is 8.13. The number of unbranched alkanes of at least 4 members (excludes halogenated alkanes) is 1. The van der Waals surface area contributed by atoms with E-state index in [1.807, 2.05) is 36.1 Å². The second kappa shape index (κ2) is 8.86. The topological polar surface area (TPSA) is 87.2 Å². The van der Waals surface area contributed by atoms with E-state index in [0.29, 0.717) is 25.9 Å². The van der Waals surface area contributed by atoms with E-state index >= 15 is 0 Å². The quantitative estimate of drug-likeness (QED) is 0.354. The van der Waals surface area contributed by atoms with Crippen molar-refractivity contribution in [2.45, 2.75) is 68.0 Å². The van der Waals surface area contributed by atoms with Gasteiger partial charge in [-0.2, -0.15) is 0 Å². The number of fused-ring (bicyclic) bond motifs is 2. The molecular weight excluding hydrogens is 428 g/mol. The normalized spacial score (nSPS) is 37.0. The van der Waals surface area contributed by atoms with Crippen molar-refractivity contribution >= 4 is 29.5 Å². The molecule has 2 amide bonds. The first-order chi connectivity index (χ1) is 15.3. The van der Waals surface area contributed by atoms with Gasteiger partial charge in [-0.15, -0.1) is 11.8 Å². The van der Waals surface area contributed by atoms with Crippen molar-refractivity contribution in [3.05, 3.63) is 24.3 Å². The third-order valence-corrected chi connectivity index (χ3v) is 9.19. The van der Waals surface area contributed by atoms with E-state index in [2.05, 4.69) is 13.8 Å². The van der Waals surface area contributed by atoms with Crippen LogP contribution in [-0.2, 0) is 19.1 Å². The number of esters is 1. The molecule has 2 fully saturated rings. The molecule has 2 saturated heterocycles. The highest BCUT2D eigenvalue weighted by molar-refractivity contribution is 8.02. The van der Waals surface area contributed by atoms with Gasteiger partial charge in [-0.1, -0.05) is 31.6 Å². The molecule has 0 aromatic carbocycles. The Kier molecular flexibility index (Phi) is 6.47. The average molecular weight is 463 g/mol. The van der Waals surface area contributed by atoms with Crippen LogP contribution in [0.2, 0.25) is 0 Å². The SMILES string of the molecule is CCCC(C)N1CC=C[C@]23S[C@]4(C)C=CCOC(=O)[C@@H]4[C@H]2C(=O)N(CCCCO)C3C1=O. The number of nitrogens with zero attached hydrogens (tertiary/aromatic N) is 2. The van der Waals surface area contributed by atoms with E-state index in [1.165, 1.54) is 0 Å². The fourth-order valence-electron chi connectivity index (χ4n) is 5.98. The zero-order valence-electron chi connectivity index (χ0n) is 19.2. The van der Waals surface area contributed by atoms with Crippen LogP contribution < -0.4 is 0 Å². The van der Waals surface area contributed by atoms with Crippen molar-refractivity contribution in [2.75, 3.05) is 26.3 Å². The number of thioether (sulfide) groups is 1. The number of carbonyl (C=O) groups excluding carboxylic acids is 3. The minimum atomic E-state index is -0.811. The summed E-state index contributed by atoms with van der Waals surface area (Å²) in [6.45, 7) is 7.30. The molecule has 0 aromatic heterocycles. The van der Waals surface area contributed by atoms with E-state index in [1.54, 1.807) is 16.7 Å². The van der Waals surface area contributed by atoms with Crippen LogP contribution in [0.15, 0.2) is 24.3 Å². The van der Waals surface area contributed by atoms with Crippen LogP contribution in [0.5, 0.6) is 0 Å². The maximum atomic E-state index is 14.0. The summed E-state index contributed by atoms with van der Waals surface area (Å²) in [5.74, 6) is -1.84. The minimum absolute atomic E-state index is 0.0410. The van der Waals surface area contributed by atoms with Gasteiger partial charge in [0.15, 0.2) is 0 Å². The molecule has 4 aliphatic rings. The summed E-state index contributed by atoms with van der Waals surface area (Å²) in [6.07, 6.45) is 10.9. The van der Waals surface area contributed by atoms with Gasteiger partial charge in [-0.3, -0.25) is 14.4 Å². The molecule has 0 radical (unpaired) electrons. The van der Waals surface area contributed by atoms with Gasteiger partial charge in [0.05, 0.1) is 16.6 Å². The number of hydrogen-bond donors (Lipinski definition) is 1. The molecule has 4 rings (SSSR count). The number of aliphatic hydroxyl groups excluding tert-OH is 1. The van der Waals surface area contributed by atoms with Crippen LogP contribution in [0.3, 0.4) is 0 Å². The number of amides is 2. The maximum Gasteiger partial charge on any atom is 0.311 e. The van der Waals surface area contributed by atoms with Crippen LogP contribution in [0, 0.1) is 11.8 Å². The molecule has 1 spiro atoms. The van der Waals surface area contributed by atoms with Gasteiger partial charge < -0.3 is 19.6 Å². The standard InChI is InChI=1S/C24H34N2O5S/c1-4-9-16(2)25-13-7-11-24-17(18-22(30)31-15-8-10-23(18,3)32-24)20(28)26(12-5-6-14-27)19(24)21(25)29/h7-8,10-11,16-19,27H,4-6,9,12-15H2,1-3H3/t16?,17-,18-,19?,23+,24-/m0/s1. The van der Waals surface area contributed by atoms with Gasteiger partial charge in [0, 0.05) is 30.5 Å². The number of carbonyl (C=O) groups is 3. The molecule has 8 heteroatoms. The summed E-state index contributed by atoms with van der Waals surface area (Å²) in [5.41, 5.74) is 0. The Hall–Kier alpha value is -1.80. The van der Waals surface area contributed by atoms with Crippen LogP contribution in [0.1, 0.15) is 46.5 Å². The maximum absolute atomic E-state index is 14.0. The molecule has 2 unspecified atom stereocenters. The van der Waals surface area contributed by atoms with Crippen LogP contribution in [-0.4, -0.2) is 80.6 Å². The van der Waals surface area contributed by atoms with E-state index in [-0.39, 0.29) is 37.0 Å². The summed E-state index contributed by atoms with van der Waals surface area (Å²) in [5, 5.41) is 9.26. The summed E-state index contributed by atoms with van der Waals surface area (Å²) >= 11 is 1.57. The molecule has 4 heterocycles. The predicted octanol–water partition coefficient (Wildman–Crippen LogP) is 2.15. The molecule has 0 aliphatic carbocycles. The Morgan fingerprint density at radius 3 is 2.69 bits per heavy atom. The van der Waals surface area contributed by atoms with Gasteiger partial charge >= 0.3 is 5.97 Å². The second-order valence-electron chi connectivity index (χ2n) is 9.52. The number of likely N-dealkylation sites (tertiary alicyclic amines) is 1. The van der Waals surface area contributed by atoms with Crippen molar-refractivity contribution in [2.24, 2.45) is 11.8 Å². The number of rotatable bonds is 7. The van der Waals surface area contributed by atoms with Crippen molar-refractivity contribution in [1.29, 1.82) is 0 Å². The monoisotopic (exact) mass is 462 g/mol. The Morgan fingerprint density at radius 1 is 1.19 bits per heavy atom. The third kappa shape index (κ3) is 3.50. The highest BCUT2D eigenvalue weighted by Crippen LogP contribution is 2.65. The molecule has 7 nitrogen and oxygen atoms in total. The van der Waals surface area contributed by atoms with Gasteiger partial charge in [-0.05, 0) is 39.2 Å². The summed E-state index contributed by atoms with van der Waals surface area (Å²) < 4.78 is 4.01. The van der Waals surface area contributed by atoms with Gasteiger partial charge in [-0.25, -0.2) is 0 Å². The van der Waals surface area contributed by atoms with E-state index < -0.39 is 27.4 Å². The van der Waals surface area contributed by atoms with Crippen molar-refractivity contribution < 1.29 is 24.2 Å². The van der Waals surface area contributed by atoms with Crippen molar-refractivity contribution in [3.8, 4) is 0 Å². The molecule has 176 valence electrons. The van der Waals surface area contributed by atoms with Crippen molar-refractivity contribution in [3.63, 3.8) is 0 Å². The summed E-state index contributed by atoms with van der Waals surface area (Å²) in [6, 6.07) is -0.593. The first kappa shape index (κ1) is 23.4. The molecule has 0 saturated carbocycles. The largest absolute Gasteiger partial charge is 0.461 e. The lowest BCUT2D eigenvalue weighted by atomic mass is 9.75. The first-order valence-electron chi connectivity index (χ1n) is 11.7. The molecular formula is C24H34N2O5S. The van der Waals surface area contributed by atoms with E-state index in [4.69, 9.17) is 4.74 Å². The summed E-state index contributed by atoms with van der Waals surface area (Å²) in [7, 11) is 0. The average Bonchev–Trinajstić information content (AvgIpc) is 2.99. The molecule has 1 N–H and O–H groups in total. The third-order valence-electron chi connectivity index (χ3n) is 7.39. The van der Waals surface area contributed by atoms with Crippen LogP contribution in [0.25, 0.3) is 0 Å². The number of aliphatic hydroxyl groups is 1. The number of ether oxygens (including phenoxy) is 1. The molecule has 6 atom stereocenters. The Bertz CT molecular complexity index is 844. The zero-order chi connectivity index (χ0) is 23.1. The van der Waals surface area contributed by atoms with Gasteiger partial charge in [0.2, 0.25) is 11.8 Å². The van der Waals surface area contributed by atoms with E-state index in [9.17, 15) is 19.5 Å². The Labute approximate surface area is 194 Å². The lowest BCUT2D eigenvalue weighted by Gasteiger charge is -2.38. The zero-order valence-corrected chi connectivity index (χ0v) is 20.0. The Morgan fingerprint density at radius 2 is 1.97 bits per heavy atom. The number of cyclic esters (lactones) is 1. The minimum Gasteiger partial charge on any atom is -0.461 e. The Balaban J connectivity index is 1.80. The van der Waals surface area contributed by atoms with Crippen LogP contribution in [0.4, 0.5) is 0 Å². The predicted molar refractivity (Wildman–Crippen MR) is 123 cm³/mol. The van der Waals surface area contributed by atoms with Gasteiger partial charge in [0.25, 0.3) is 0 Å². The van der Waals surface area contributed by atoms with Crippen LogP contribution >= 0.6 is 11.8 Å². The molecule has 4 aliphatic heterocycles. The summed E-state index contributed by atoms with van der Waals surface area (Å²) in [4.78, 5) is 44.5. The molecule has 0 aromatic rings. The highest BCUT2D eigenvalue weighted by atomic mass is 32.2. The van der Waals surface area contributed by atoms with E-state index in [0.717, 1.165) is 12.8 Å². The van der Waals surface area contributed by atoms with Gasteiger partial charge in [0.1, 0.15) is 12.6 Å². The highest BCUT2D eigenvalue weighted by Gasteiger charge is 2.74. The fraction of sp³-hybridized carbons (Fsp3) is 0.708. The molecule has 0 bridgehead atoms.